The van der Waals surface area contributed by atoms with E-state index in [1.54, 1.807) is 0 Å². The van der Waals surface area contributed by atoms with Crippen LogP contribution < -0.4 is 0 Å². The summed E-state index contributed by atoms with van der Waals surface area (Å²) in [5, 5.41) is 0. The Morgan fingerprint density at radius 1 is 1.00 bits per heavy atom. The number of carbonyl (C=O) groups excluding carboxylic acids is 2. The molecule has 2 heteroatoms. The molecule has 0 aliphatic heterocycles. The van der Waals surface area contributed by atoms with Crippen molar-refractivity contribution < 1.29 is 9.59 Å². The number of fused-ring (bicyclic) bond motifs is 5. The molecular weight excluding hydrogens is 284 g/mol. The fraction of sp³-hybridized carbons (Fsp3) is 0.714. The van der Waals surface area contributed by atoms with Gasteiger partial charge >= 0.3 is 0 Å². The first-order valence-corrected chi connectivity index (χ1v) is 9.38. The van der Waals surface area contributed by atoms with Gasteiger partial charge in [-0.05, 0) is 85.7 Å². The highest BCUT2D eigenvalue weighted by Gasteiger charge is 2.57. The molecule has 3 saturated carbocycles. The van der Waals surface area contributed by atoms with Gasteiger partial charge < -0.3 is 0 Å². The molecule has 0 amide bonds. The summed E-state index contributed by atoms with van der Waals surface area (Å²) < 4.78 is 0. The first-order valence-electron chi connectivity index (χ1n) is 9.38. The minimum Gasteiger partial charge on any atom is -0.299 e. The second kappa shape index (κ2) is 5.16. The summed E-state index contributed by atoms with van der Waals surface area (Å²) in [7, 11) is 0. The van der Waals surface area contributed by atoms with Gasteiger partial charge in [-0.3, -0.25) is 9.59 Å². The van der Waals surface area contributed by atoms with Crippen molar-refractivity contribution in [2.45, 2.75) is 65.2 Å². The quantitative estimate of drug-likeness (QED) is 0.522. The molecule has 0 heterocycles. The Kier molecular flexibility index (Phi) is 3.44. The molecule has 0 radical (unpaired) electrons. The topological polar surface area (TPSA) is 34.1 Å². The molecule has 4 aliphatic rings. The van der Waals surface area contributed by atoms with Gasteiger partial charge in [0.05, 0.1) is 0 Å². The summed E-state index contributed by atoms with van der Waals surface area (Å²) in [6.45, 7) is 4.84. The van der Waals surface area contributed by atoms with Gasteiger partial charge in [0.2, 0.25) is 0 Å². The summed E-state index contributed by atoms with van der Waals surface area (Å²) in [5.41, 5.74) is 3.36. The predicted octanol–water partition coefficient (Wildman–Crippen LogP) is 4.64. The Morgan fingerprint density at radius 3 is 2.57 bits per heavy atom. The van der Waals surface area contributed by atoms with Gasteiger partial charge in [-0.2, -0.15) is 0 Å². The molecule has 0 spiro atoms. The smallest absolute Gasteiger partial charge is 0.155 e. The highest BCUT2D eigenvalue weighted by atomic mass is 16.1. The van der Waals surface area contributed by atoms with E-state index in [9.17, 15) is 9.59 Å². The monoisotopic (exact) mass is 312 g/mol. The first-order chi connectivity index (χ1) is 11.0. The molecule has 5 unspecified atom stereocenters. The maximum atomic E-state index is 11.9. The molecule has 0 saturated heterocycles. The van der Waals surface area contributed by atoms with E-state index < -0.39 is 0 Å². The van der Waals surface area contributed by atoms with E-state index >= 15 is 0 Å². The lowest BCUT2D eigenvalue weighted by atomic mass is 9.47. The molecule has 0 aromatic rings. The van der Waals surface area contributed by atoms with E-state index in [-0.39, 0.29) is 10.8 Å². The second-order valence-corrected chi connectivity index (χ2v) is 8.79. The maximum Gasteiger partial charge on any atom is 0.155 e. The lowest BCUT2D eigenvalue weighted by molar-refractivity contribution is -0.117. The van der Waals surface area contributed by atoms with Crippen molar-refractivity contribution in [1.82, 2.24) is 0 Å². The molecule has 0 aromatic carbocycles. The van der Waals surface area contributed by atoms with Gasteiger partial charge in [-0.25, -0.2) is 0 Å². The van der Waals surface area contributed by atoms with E-state index in [2.05, 4.69) is 13.8 Å². The maximum absolute atomic E-state index is 11.9. The Hall–Kier alpha value is -1.18. The van der Waals surface area contributed by atoms with Gasteiger partial charge in [0, 0.05) is 6.42 Å². The molecule has 4 aliphatic carbocycles. The third kappa shape index (κ3) is 2.06. The van der Waals surface area contributed by atoms with Crippen LogP contribution in [-0.2, 0) is 9.59 Å². The molecule has 0 aromatic heterocycles. The number of carbonyl (C=O) groups is 2. The van der Waals surface area contributed by atoms with Crippen LogP contribution in [0.15, 0.2) is 23.3 Å². The predicted molar refractivity (Wildman–Crippen MR) is 90.9 cm³/mol. The largest absolute Gasteiger partial charge is 0.299 e. The zero-order valence-corrected chi connectivity index (χ0v) is 14.4. The van der Waals surface area contributed by atoms with Gasteiger partial charge in [0.15, 0.2) is 5.78 Å². The third-order valence-electron chi connectivity index (χ3n) is 8.08. The molecule has 0 bridgehead atoms. The zero-order chi connectivity index (χ0) is 16.2. The van der Waals surface area contributed by atoms with Crippen molar-refractivity contribution in [1.29, 1.82) is 0 Å². The van der Waals surface area contributed by atoms with Crippen LogP contribution in [0.2, 0.25) is 0 Å². The number of allylic oxidation sites excluding steroid dienone is 3. The average molecular weight is 312 g/mol. The van der Waals surface area contributed by atoms with Crippen molar-refractivity contribution in [2.75, 3.05) is 0 Å². The molecule has 3 fully saturated rings. The van der Waals surface area contributed by atoms with Gasteiger partial charge in [-0.1, -0.05) is 25.0 Å². The van der Waals surface area contributed by atoms with Crippen LogP contribution in [0.4, 0.5) is 0 Å². The van der Waals surface area contributed by atoms with Crippen LogP contribution >= 0.6 is 0 Å². The fourth-order valence-electron chi connectivity index (χ4n) is 6.76. The van der Waals surface area contributed by atoms with Crippen molar-refractivity contribution in [2.24, 2.45) is 28.6 Å². The third-order valence-corrected chi connectivity index (χ3v) is 8.08. The van der Waals surface area contributed by atoms with Crippen molar-refractivity contribution in [3.8, 4) is 0 Å². The van der Waals surface area contributed by atoms with E-state index in [1.807, 2.05) is 12.2 Å². The van der Waals surface area contributed by atoms with Gasteiger partial charge in [0.25, 0.3) is 0 Å². The highest BCUT2D eigenvalue weighted by Crippen LogP contribution is 2.66. The Morgan fingerprint density at radius 2 is 1.78 bits per heavy atom. The van der Waals surface area contributed by atoms with E-state index in [0.29, 0.717) is 5.78 Å². The first kappa shape index (κ1) is 15.4. The number of aldehydes is 1. The zero-order valence-electron chi connectivity index (χ0n) is 14.4. The molecule has 5 atom stereocenters. The minimum absolute atomic E-state index is 0.254. The van der Waals surface area contributed by atoms with Crippen LogP contribution in [-0.4, -0.2) is 12.1 Å². The normalized spacial score (nSPS) is 47.6. The summed E-state index contributed by atoms with van der Waals surface area (Å²) in [5.74, 6) is 2.60. The van der Waals surface area contributed by atoms with Gasteiger partial charge in [-0.15, -0.1) is 0 Å². The lowest BCUT2D eigenvalue weighted by Crippen LogP contribution is -2.49. The Bertz CT molecular complexity index is 613. The van der Waals surface area contributed by atoms with E-state index in [4.69, 9.17) is 0 Å². The lowest BCUT2D eigenvalue weighted by Gasteiger charge is -2.57. The number of hydrogen-bond acceptors (Lipinski definition) is 2. The number of ketones is 1. The minimum atomic E-state index is 0.254. The Balaban J connectivity index is 1.68. The van der Waals surface area contributed by atoms with Crippen LogP contribution in [0.1, 0.15) is 65.2 Å². The number of rotatable bonds is 1. The standard InChI is InChI=1S/C21H28O2/c1-20-11-8-19-17(18(20)6-4-14(20)9-12-22)5-3-15-13-16(23)7-10-21(15,19)2/h9,12-13,17-19H,3-8,10-11H2,1-2H3/b14-9+. The summed E-state index contributed by atoms with van der Waals surface area (Å²) in [6, 6.07) is 0. The molecule has 23 heavy (non-hydrogen) atoms. The van der Waals surface area contributed by atoms with Crippen LogP contribution in [0, 0.1) is 28.6 Å². The Labute approximate surface area is 139 Å². The molecule has 4 rings (SSSR count). The van der Waals surface area contributed by atoms with E-state index in [1.165, 1.54) is 36.8 Å². The average Bonchev–Trinajstić information content (AvgIpc) is 2.85. The van der Waals surface area contributed by atoms with Crippen molar-refractivity contribution >= 4 is 12.1 Å². The summed E-state index contributed by atoms with van der Waals surface area (Å²) in [6.07, 6.45) is 13.8. The fourth-order valence-corrected chi connectivity index (χ4v) is 6.76. The van der Waals surface area contributed by atoms with Crippen LogP contribution in [0.3, 0.4) is 0 Å². The molecule has 0 N–H and O–H groups in total. The highest BCUT2D eigenvalue weighted by molar-refractivity contribution is 5.91. The summed E-state index contributed by atoms with van der Waals surface area (Å²) in [4.78, 5) is 22.9. The number of hydrogen-bond donors (Lipinski definition) is 0. The molecule has 124 valence electrons. The van der Waals surface area contributed by atoms with Crippen LogP contribution in [0.5, 0.6) is 0 Å². The molecule has 2 nitrogen and oxygen atoms in total. The van der Waals surface area contributed by atoms with E-state index in [0.717, 1.165) is 49.7 Å². The van der Waals surface area contributed by atoms with Crippen molar-refractivity contribution in [3.63, 3.8) is 0 Å². The van der Waals surface area contributed by atoms with Crippen LogP contribution in [0.25, 0.3) is 0 Å². The summed E-state index contributed by atoms with van der Waals surface area (Å²) >= 11 is 0. The second-order valence-electron chi connectivity index (χ2n) is 8.79. The molecular formula is C21H28O2. The van der Waals surface area contributed by atoms with Gasteiger partial charge in [0.1, 0.15) is 6.29 Å². The SMILES string of the molecule is CC12CCC(=O)C=C1CCC1C2CCC2(C)/C(=C/C=O)CCC12. The van der Waals surface area contributed by atoms with Crippen molar-refractivity contribution in [3.05, 3.63) is 23.3 Å².